The smallest absolute Gasteiger partial charge is 0.307 e. The second-order valence-electron chi connectivity index (χ2n) is 5.01. The Balaban J connectivity index is 2.04. The number of pyridine rings is 1. The van der Waals surface area contributed by atoms with Gasteiger partial charge in [-0.05, 0) is 31.4 Å². The number of aliphatic carboxylic acids is 1. The van der Waals surface area contributed by atoms with Crippen molar-refractivity contribution in [1.29, 1.82) is 0 Å². The molecule has 1 aliphatic rings. The van der Waals surface area contributed by atoms with E-state index in [1.807, 2.05) is 25.1 Å². The minimum Gasteiger partial charge on any atom is -0.481 e. The number of rotatable bonds is 4. The highest BCUT2D eigenvalue weighted by molar-refractivity contribution is 5.85. The van der Waals surface area contributed by atoms with Crippen molar-refractivity contribution in [3.8, 4) is 0 Å². The first kappa shape index (κ1) is 14.2. The van der Waals surface area contributed by atoms with Crippen molar-refractivity contribution in [2.24, 2.45) is 11.8 Å². The summed E-state index contributed by atoms with van der Waals surface area (Å²) >= 11 is 0. The second kappa shape index (κ2) is 6.32. The number of carbonyl (C=O) groups is 2. The van der Waals surface area contributed by atoms with Gasteiger partial charge in [-0.3, -0.25) is 14.6 Å². The van der Waals surface area contributed by atoms with Crippen LogP contribution in [0, 0.1) is 11.8 Å². The van der Waals surface area contributed by atoms with Crippen LogP contribution in [0.1, 0.15) is 31.4 Å². The Morgan fingerprint density at radius 2 is 2.05 bits per heavy atom. The van der Waals surface area contributed by atoms with Crippen LogP contribution in [0.5, 0.6) is 0 Å². The first-order valence-corrected chi connectivity index (χ1v) is 6.67. The lowest BCUT2D eigenvalue weighted by Crippen LogP contribution is -2.39. The van der Waals surface area contributed by atoms with Crippen LogP contribution in [0.15, 0.2) is 36.7 Å². The number of aromatic nitrogens is 1. The van der Waals surface area contributed by atoms with E-state index in [1.165, 1.54) is 0 Å². The highest BCUT2D eigenvalue weighted by atomic mass is 16.4. The summed E-state index contributed by atoms with van der Waals surface area (Å²) < 4.78 is 0. The molecular weight excluding hydrogens is 256 g/mol. The van der Waals surface area contributed by atoms with Gasteiger partial charge >= 0.3 is 5.97 Å². The van der Waals surface area contributed by atoms with Crippen LogP contribution in [-0.2, 0) is 9.59 Å². The monoisotopic (exact) mass is 274 g/mol. The summed E-state index contributed by atoms with van der Waals surface area (Å²) in [6, 6.07) is 3.51. The molecule has 106 valence electrons. The number of carboxylic acids is 1. The maximum Gasteiger partial charge on any atom is 0.307 e. The number of nitrogens with one attached hydrogen (secondary N) is 1. The fraction of sp³-hybridized carbons (Fsp3) is 0.400. The fourth-order valence-corrected chi connectivity index (χ4v) is 2.41. The van der Waals surface area contributed by atoms with Gasteiger partial charge in [0.2, 0.25) is 5.91 Å². The van der Waals surface area contributed by atoms with E-state index in [9.17, 15) is 14.7 Å². The number of nitrogens with zero attached hydrogens (tertiary/aromatic N) is 1. The molecule has 1 aromatic heterocycles. The van der Waals surface area contributed by atoms with E-state index in [0.29, 0.717) is 12.8 Å². The molecule has 2 N–H and O–H groups in total. The number of amides is 1. The molecule has 5 nitrogen and oxygen atoms in total. The zero-order chi connectivity index (χ0) is 14.5. The van der Waals surface area contributed by atoms with E-state index in [0.717, 1.165) is 5.56 Å². The largest absolute Gasteiger partial charge is 0.481 e. The third kappa shape index (κ3) is 3.23. The van der Waals surface area contributed by atoms with Gasteiger partial charge in [0.15, 0.2) is 0 Å². The highest BCUT2D eigenvalue weighted by Crippen LogP contribution is 2.26. The van der Waals surface area contributed by atoms with Crippen molar-refractivity contribution in [3.63, 3.8) is 0 Å². The Hall–Kier alpha value is -2.17. The Labute approximate surface area is 117 Å². The SMILES string of the molecule is CC(NC(=O)[C@@H]1CC=CC[C@@H]1C(=O)O)c1cccnc1. The van der Waals surface area contributed by atoms with Crippen molar-refractivity contribution in [2.75, 3.05) is 0 Å². The van der Waals surface area contributed by atoms with Crippen LogP contribution in [0.2, 0.25) is 0 Å². The molecular formula is C15H18N2O3. The third-order valence-electron chi connectivity index (χ3n) is 3.63. The van der Waals surface area contributed by atoms with Crippen LogP contribution < -0.4 is 5.32 Å². The Bertz CT molecular complexity index is 513. The van der Waals surface area contributed by atoms with Gasteiger partial charge < -0.3 is 10.4 Å². The average molecular weight is 274 g/mol. The topological polar surface area (TPSA) is 79.3 Å². The van der Waals surface area contributed by atoms with Crippen molar-refractivity contribution < 1.29 is 14.7 Å². The van der Waals surface area contributed by atoms with Crippen LogP contribution in [0.4, 0.5) is 0 Å². The molecule has 0 spiro atoms. The molecule has 0 fully saturated rings. The summed E-state index contributed by atoms with van der Waals surface area (Å²) in [5.41, 5.74) is 0.902. The van der Waals surface area contributed by atoms with Gasteiger partial charge in [-0.2, -0.15) is 0 Å². The van der Waals surface area contributed by atoms with E-state index >= 15 is 0 Å². The lowest BCUT2D eigenvalue weighted by atomic mass is 9.82. The minimum absolute atomic E-state index is 0.184. The van der Waals surface area contributed by atoms with Crippen LogP contribution >= 0.6 is 0 Å². The molecule has 1 heterocycles. The number of carbonyl (C=O) groups excluding carboxylic acids is 1. The number of allylic oxidation sites excluding steroid dienone is 2. The Morgan fingerprint density at radius 3 is 2.65 bits per heavy atom. The molecule has 5 heteroatoms. The standard InChI is InChI=1S/C15H18N2O3/c1-10(11-5-4-8-16-9-11)17-14(18)12-6-2-3-7-13(12)15(19)20/h2-5,8-10,12-13H,6-7H2,1H3,(H,17,18)(H,19,20)/t10?,12-,13+/m1/s1. The van der Waals surface area contributed by atoms with Gasteiger partial charge in [0.05, 0.1) is 17.9 Å². The molecule has 1 aliphatic carbocycles. The highest BCUT2D eigenvalue weighted by Gasteiger charge is 2.34. The van der Waals surface area contributed by atoms with Crippen molar-refractivity contribution >= 4 is 11.9 Å². The number of hydrogen-bond acceptors (Lipinski definition) is 3. The van der Waals surface area contributed by atoms with E-state index in [1.54, 1.807) is 18.5 Å². The number of carboxylic acid groups (broad SMARTS) is 1. The zero-order valence-corrected chi connectivity index (χ0v) is 11.3. The summed E-state index contributed by atoms with van der Waals surface area (Å²) in [6.45, 7) is 1.86. The lowest BCUT2D eigenvalue weighted by Gasteiger charge is -2.26. The maximum absolute atomic E-state index is 12.3. The Kier molecular flexibility index (Phi) is 4.50. The summed E-state index contributed by atoms with van der Waals surface area (Å²) in [7, 11) is 0. The molecule has 3 atom stereocenters. The normalized spacial score (nSPS) is 23.1. The number of hydrogen-bond donors (Lipinski definition) is 2. The first-order chi connectivity index (χ1) is 9.59. The molecule has 0 saturated heterocycles. The third-order valence-corrected chi connectivity index (χ3v) is 3.63. The van der Waals surface area contributed by atoms with Crippen LogP contribution in [0.3, 0.4) is 0 Å². The Morgan fingerprint density at radius 1 is 1.35 bits per heavy atom. The van der Waals surface area contributed by atoms with Crippen molar-refractivity contribution in [1.82, 2.24) is 10.3 Å². The van der Waals surface area contributed by atoms with Crippen LogP contribution in [-0.4, -0.2) is 22.0 Å². The van der Waals surface area contributed by atoms with E-state index in [4.69, 9.17) is 0 Å². The summed E-state index contributed by atoms with van der Waals surface area (Å²) in [5, 5.41) is 12.1. The first-order valence-electron chi connectivity index (χ1n) is 6.67. The average Bonchev–Trinajstić information content (AvgIpc) is 2.48. The van der Waals surface area contributed by atoms with E-state index < -0.39 is 17.8 Å². The molecule has 2 rings (SSSR count). The van der Waals surface area contributed by atoms with E-state index in [2.05, 4.69) is 10.3 Å². The van der Waals surface area contributed by atoms with Gasteiger partial charge in [-0.1, -0.05) is 18.2 Å². The molecule has 1 amide bonds. The van der Waals surface area contributed by atoms with Crippen molar-refractivity contribution in [3.05, 3.63) is 42.2 Å². The molecule has 0 radical (unpaired) electrons. The molecule has 0 bridgehead atoms. The molecule has 1 aromatic rings. The van der Waals surface area contributed by atoms with Gasteiger partial charge in [0, 0.05) is 12.4 Å². The fourth-order valence-electron chi connectivity index (χ4n) is 2.41. The summed E-state index contributed by atoms with van der Waals surface area (Å²) in [4.78, 5) is 27.5. The minimum atomic E-state index is -0.913. The predicted molar refractivity (Wildman–Crippen MR) is 73.8 cm³/mol. The zero-order valence-electron chi connectivity index (χ0n) is 11.3. The van der Waals surface area contributed by atoms with Crippen LogP contribution in [0.25, 0.3) is 0 Å². The van der Waals surface area contributed by atoms with Gasteiger partial charge in [0.25, 0.3) is 0 Å². The molecule has 20 heavy (non-hydrogen) atoms. The molecule has 1 unspecified atom stereocenters. The second-order valence-corrected chi connectivity index (χ2v) is 5.01. The lowest BCUT2D eigenvalue weighted by molar-refractivity contribution is -0.147. The molecule has 0 aliphatic heterocycles. The summed E-state index contributed by atoms with van der Waals surface area (Å²) in [5.74, 6) is -2.26. The van der Waals surface area contributed by atoms with Crippen molar-refractivity contribution in [2.45, 2.75) is 25.8 Å². The maximum atomic E-state index is 12.3. The van der Waals surface area contributed by atoms with Gasteiger partial charge in [0.1, 0.15) is 0 Å². The quantitative estimate of drug-likeness (QED) is 0.822. The molecule has 0 aromatic carbocycles. The molecule has 0 saturated carbocycles. The van der Waals surface area contributed by atoms with Gasteiger partial charge in [-0.25, -0.2) is 0 Å². The predicted octanol–water partition coefficient (Wildman–Crippen LogP) is 1.93. The summed E-state index contributed by atoms with van der Waals surface area (Å²) in [6.07, 6.45) is 7.95. The van der Waals surface area contributed by atoms with Gasteiger partial charge in [-0.15, -0.1) is 0 Å². The van der Waals surface area contributed by atoms with E-state index in [-0.39, 0.29) is 11.9 Å².